The monoisotopic (exact) mass is 303 g/mol. The van der Waals surface area contributed by atoms with Crippen molar-refractivity contribution >= 4 is 21.6 Å². The second-order valence-corrected chi connectivity index (χ2v) is 4.66. The molecule has 90 valence electrons. The summed E-state index contributed by atoms with van der Waals surface area (Å²) in [4.78, 5) is 4.20. The average Bonchev–Trinajstić information content (AvgIpc) is 2.27. The Kier molecular flexibility index (Phi) is 3.49. The summed E-state index contributed by atoms with van der Waals surface area (Å²) in [5, 5.41) is 8.99. The molecule has 0 aliphatic carbocycles. The molecule has 1 aromatic carbocycles. The largest absolute Gasteiger partial charge is 0.438 e. The maximum Gasteiger partial charge on any atom is 0.237 e. The average molecular weight is 304 g/mol. The Labute approximate surface area is 113 Å². The molecule has 0 unspecified atom stereocenters. The third kappa shape index (κ3) is 2.79. The number of pyridine rings is 1. The summed E-state index contributed by atoms with van der Waals surface area (Å²) in [6, 6.07) is 10.7. The predicted octanol–water partition coefficient (Wildman–Crippen LogP) is 3.40. The van der Waals surface area contributed by atoms with Crippen LogP contribution >= 0.6 is 15.9 Å². The van der Waals surface area contributed by atoms with Crippen LogP contribution in [0.25, 0.3) is 0 Å². The maximum atomic E-state index is 8.99. The van der Waals surface area contributed by atoms with Gasteiger partial charge in [0.2, 0.25) is 5.88 Å². The highest BCUT2D eigenvalue weighted by Gasteiger charge is 2.07. The minimum absolute atomic E-state index is 0.287. The highest BCUT2D eigenvalue weighted by Crippen LogP contribution is 2.28. The van der Waals surface area contributed by atoms with Crippen molar-refractivity contribution in [2.24, 2.45) is 0 Å². The first-order valence-corrected chi connectivity index (χ1v) is 5.99. The van der Waals surface area contributed by atoms with Crippen molar-refractivity contribution in [3.8, 4) is 17.7 Å². The number of ether oxygens (including phenoxy) is 1. The number of hydrogen-bond acceptors (Lipinski definition) is 4. The van der Waals surface area contributed by atoms with Gasteiger partial charge in [-0.2, -0.15) is 5.26 Å². The fraction of sp³-hybridized carbons (Fsp3) is 0.0769. The Balaban J connectivity index is 2.39. The molecule has 1 aromatic heterocycles. The van der Waals surface area contributed by atoms with E-state index in [0.29, 0.717) is 17.0 Å². The second-order valence-electron chi connectivity index (χ2n) is 3.74. The molecule has 0 bridgehead atoms. The van der Waals surface area contributed by atoms with Crippen LogP contribution in [-0.2, 0) is 0 Å². The van der Waals surface area contributed by atoms with Gasteiger partial charge >= 0.3 is 0 Å². The standard InChI is InChI=1S/C13H10BrN3O/c1-8-2-3-9(7-15)13(17-8)18-12-5-10(14)4-11(16)6-12/h2-6H,16H2,1H3. The number of anilines is 1. The van der Waals surface area contributed by atoms with Crippen LogP contribution in [0, 0.1) is 18.3 Å². The summed E-state index contributed by atoms with van der Waals surface area (Å²) in [6.07, 6.45) is 0. The van der Waals surface area contributed by atoms with E-state index < -0.39 is 0 Å². The number of benzene rings is 1. The molecule has 4 nitrogen and oxygen atoms in total. The first-order valence-electron chi connectivity index (χ1n) is 5.20. The van der Waals surface area contributed by atoms with E-state index in [0.717, 1.165) is 10.2 Å². The molecular weight excluding hydrogens is 294 g/mol. The number of nitrogen functional groups attached to an aromatic ring is 1. The van der Waals surface area contributed by atoms with Gasteiger partial charge in [-0.25, -0.2) is 4.98 Å². The van der Waals surface area contributed by atoms with Gasteiger partial charge in [0.25, 0.3) is 0 Å². The number of aromatic nitrogens is 1. The van der Waals surface area contributed by atoms with Gasteiger partial charge in [0.05, 0.1) is 0 Å². The van der Waals surface area contributed by atoms with Crippen LogP contribution in [-0.4, -0.2) is 4.98 Å². The maximum absolute atomic E-state index is 8.99. The molecule has 2 N–H and O–H groups in total. The number of nitrogens with two attached hydrogens (primary N) is 1. The van der Waals surface area contributed by atoms with Gasteiger partial charge in [0.15, 0.2) is 0 Å². The van der Waals surface area contributed by atoms with E-state index in [2.05, 4.69) is 20.9 Å². The normalized spacial score (nSPS) is 9.83. The first-order chi connectivity index (χ1) is 8.58. The summed E-state index contributed by atoms with van der Waals surface area (Å²) in [5.41, 5.74) is 7.47. The lowest BCUT2D eigenvalue weighted by molar-refractivity contribution is 0.460. The lowest BCUT2D eigenvalue weighted by Gasteiger charge is -2.08. The third-order valence-electron chi connectivity index (χ3n) is 2.23. The zero-order valence-corrected chi connectivity index (χ0v) is 11.2. The van der Waals surface area contributed by atoms with E-state index in [-0.39, 0.29) is 5.88 Å². The van der Waals surface area contributed by atoms with E-state index in [1.165, 1.54) is 0 Å². The van der Waals surface area contributed by atoms with Gasteiger partial charge < -0.3 is 10.5 Å². The van der Waals surface area contributed by atoms with Crippen molar-refractivity contribution in [1.29, 1.82) is 5.26 Å². The van der Waals surface area contributed by atoms with E-state index in [1.807, 2.05) is 13.0 Å². The minimum atomic E-state index is 0.287. The molecule has 2 rings (SSSR count). The summed E-state index contributed by atoms with van der Waals surface area (Å²) >= 11 is 3.33. The van der Waals surface area contributed by atoms with Gasteiger partial charge in [-0.05, 0) is 31.2 Å². The molecule has 18 heavy (non-hydrogen) atoms. The molecule has 0 saturated heterocycles. The number of halogens is 1. The molecule has 0 amide bonds. The smallest absolute Gasteiger partial charge is 0.237 e. The number of hydrogen-bond donors (Lipinski definition) is 1. The van der Waals surface area contributed by atoms with Crippen LogP contribution < -0.4 is 10.5 Å². The fourth-order valence-electron chi connectivity index (χ4n) is 1.45. The number of rotatable bonds is 2. The van der Waals surface area contributed by atoms with Crippen molar-refractivity contribution in [2.75, 3.05) is 5.73 Å². The quantitative estimate of drug-likeness (QED) is 0.863. The Bertz CT molecular complexity index is 614. The van der Waals surface area contributed by atoms with E-state index >= 15 is 0 Å². The van der Waals surface area contributed by atoms with Gasteiger partial charge in [0.1, 0.15) is 17.4 Å². The Morgan fingerprint density at radius 3 is 2.78 bits per heavy atom. The van der Waals surface area contributed by atoms with Gasteiger partial charge in [0, 0.05) is 21.9 Å². The Morgan fingerprint density at radius 2 is 2.11 bits per heavy atom. The number of aryl methyl sites for hydroxylation is 1. The zero-order valence-electron chi connectivity index (χ0n) is 9.64. The van der Waals surface area contributed by atoms with Crippen molar-refractivity contribution in [2.45, 2.75) is 6.92 Å². The summed E-state index contributed by atoms with van der Waals surface area (Å²) in [7, 11) is 0. The SMILES string of the molecule is Cc1ccc(C#N)c(Oc2cc(N)cc(Br)c2)n1. The predicted molar refractivity (Wildman–Crippen MR) is 72.3 cm³/mol. The molecule has 1 heterocycles. The van der Waals surface area contributed by atoms with Crippen LogP contribution in [0.5, 0.6) is 11.6 Å². The molecule has 0 saturated carbocycles. The Hall–Kier alpha value is -2.06. The molecule has 0 fully saturated rings. The third-order valence-corrected chi connectivity index (χ3v) is 2.69. The van der Waals surface area contributed by atoms with Crippen molar-refractivity contribution in [1.82, 2.24) is 4.98 Å². The van der Waals surface area contributed by atoms with Crippen molar-refractivity contribution in [3.63, 3.8) is 0 Å². The number of nitrogens with zero attached hydrogens (tertiary/aromatic N) is 2. The topological polar surface area (TPSA) is 71.9 Å². The highest BCUT2D eigenvalue weighted by molar-refractivity contribution is 9.10. The van der Waals surface area contributed by atoms with Gasteiger partial charge in [-0.1, -0.05) is 15.9 Å². The van der Waals surface area contributed by atoms with Crippen LogP contribution in [0.3, 0.4) is 0 Å². The van der Waals surface area contributed by atoms with Crippen molar-refractivity contribution in [3.05, 3.63) is 46.1 Å². The fourth-order valence-corrected chi connectivity index (χ4v) is 1.94. The second kappa shape index (κ2) is 5.07. The lowest BCUT2D eigenvalue weighted by Crippen LogP contribution is -1.95. The molecule has 2 aromatic rings. The molecule has 0 aliphatic rings. The van der Waals surface area contributed by atoms with Crippen LogP contribution in [0.2, 0.25) is 0 Å². The van der Waals surface area contributed by atoms with Gasteiger partial charge in [-0.15, -0.1) is 0 Å². The number of nitriles is 1. The highest BCUT2D eigenvalue weighted by atomic mass is 79.9. The summed E-state index contributed by atoms with van der Waals surface area (Å²) < 4.78 is 6.41. The molecule has 0 spiro atoms. The molecule has 0 radical (unpaired) electrons. The minimum Gasteiger partial charge on any atom is -0.438 e. The van der Waals surface area contributed by atoms with E-state index in [9.17, 15) is 0 Å². The first kappa shape index (κ1) is 12.4. The summed E-state index contributed by atoms with van der Waals surface area (Å²) in [6.45, 7) is 1.84. The lowest BCUT2D eigenvalue weighted by atomic mass is 10.2. The van der Waals surface area contributed by atoms with E-state index in [4.69, 9.17) is 15.7 Å². The van der Waals surface area contributed by atoms with Crippen LogP contribution in [0.4, 0.5) is 5.69 Å². The molecular formula is C13H10BrN3O. The molecule has 0 atom stereocenters. The van der Waals surface area contributed by atoms with Crippen LogP contribution in [0.1, 0.15) is 11.3 Å². The van der Waals surface area contributed by atoms with Crippen LogP contribution in [0.15, 0.2) is 34.8 Å². The zero-order chi connectivity index (χ0) is 13.1. The summed E-state index contributed by atoms with van der Waals surface area (Å²) in [5.74, 6) is 0.825. The Morgan fingerprint density at radius 1 is 1.33 bits per heavy atom. The van der Waals surface area contributed by atoms with E-state index in [1.54, 1.807) is 30.3 Å². The molecule has 5 heteroatoms. The van der Waals surface area contributed by atoms with Gasteiger partial charge in [-0.3, -0.25) is 0 Å². The molecule has 0 aliphatic heterocycles. The van der Waals surface area contributed by atoms with Crippen molar-refractivity contribution < 1.29 is 4.74 Å².